The van der Waals surface area contributed by atoms with Crippen molar-refractivity contribution in [2.45, 2.75) is 4.90 Å². The Bertz CT molecular complexity index is 950. The molecule has 3 rings (SSSR count). The molecule has 0 saturated carbocycles. The van der Waals surface area contributed by atoms with E-state index in [1.54, 1.807) is 0 Å². The van der Waals surface area contributed by atoms with Crippen LogP contribution < -0.4 is 0 Å². The molecule has 0 aliphatic carbocycles. The number of sulfonamides is 1. The Hall–Kier alpha value is -2.79. The van der Waals surface area contributed by atoms with E-state index in [1.165, 1.54) is 29.2 Å². The summed E-state index contributed by atoms with van der Waals surface area (Å²) in [4.78, 5) is 23.1. The van der Waals surface area contributed by atoms with Crippen molar-refractivity contribution in [3.63, 3.8) is 0 Å². The maximum absolute atomic E-state index is 13.8. The number of hydrogen-bond acceptors (Lipinski definition) is 6. The van der Waals surface area contributed by atoms with E-state index in [1.807, 2.05) is 0 Å². The minimum Gasteiger partial charge on any atom is -0.395 e. The number of nitro groups is 1. The molecule has 26 heavy (non-hydrogen) atoms. The fourth-order valence-corrected chi connectivity index (χ4v) is 4.11. The van der Waals surface area contributed by atoms with Crippen LogP contribution in [0.3, 0.4) is 0 Å². The predicted molar refractivity (Wildman–Crippen MR) is 86.4 cm³/mol. The fraction of sp³-hybridized carbons (Fsp3) is 0.267. The van der Waals surface area contributed by atoms with Crippen LogP contribution in [0.5, 0.6) is 0 Å². The Kier molecular flexibility index (Phi) is 4.74. The van der Waals surface area contributed by atoms with Crippen LogP contribution in [0, 0.1) is 15.9 Å². The van der Waals surface area contributed by atoms with Gasteiger partial charge in [0.15, 0.2) is 5.76 Å². The molecule has 0 bridgehead atoms. The first kappa shape index (κ1) is 18.0. The van der Waals surface area contributed by atoms with Gasteiger partial charge < -0.3 is 9.32 Å². The average molecular weight is 383 g/mol. The molecule has 0 atom stereocenters. The zero-order chi connectivity index (χ0) is 18.9. The molecule has 2 heterocycles. The lowest BCUT2D eigenvalue weighted by Gasteiger charge is -2.33. The van der Waals surface area contributed by atoms with E-state index in [9.17, 15) is 27.7 Å². The average Bonchev–Trinajstić information content (AvgIpc) is 3.12. The number of carbonyl (C=O) groups excluding carboxylic acids is 1. The maximum atomic E-state index is 13.8. The van der Waals surface area contributed by atoms with Gasteiger partial charge in [0.25, 0.3) is 5.91 Å². The van der Waals surface area contributed by atoms with Gasteiger partial charge in [-0.15, -0.1) is 0 Å². The number of carbonyl (C=O) groups is 1. The van der Waals surface area contributed by atoms with Crippen molar-refractivity contribution in [3.8, 4) is 0 Å². The summed E-state index contributed by atoms with van der Waals surface area (Å²) in [5.74, 6) is -2.15. The smallest absolute Gasteiger partial charge is 0.395 e. The van der Waals surface area contributed by atoms with Crippen LogP contribution in [0.4, 0.5) is 10.3 Å². The molecule has 1 fully saturated rings. The number of rotatable bonds is 4. The zero-order valence-corrected chi connectivity index (χ0v) is 14.2. The van der Waals surface area contributed by atoms with Crippen molar-refractivity contribution >= 4 is 21.8 Å². The summed E-state index contributed by atoms with van der Waals surface area (Å²) >= 11 is 0. The van der Waals surface area contributed by atoms with Crippen LogP contribution >= 0.6 is 0 Å². The van der Waals surface area contributed by atoms with E-state index in [0.29, 0.717) is 0 Å². The quantitative estimate of drug-likeness (QED) is 0.583. The third-order valence-electron chi connectivity index (χ3n) is 3.96. The number of furan rings is 1. The monoisotopic (exact) mass is 383 g/mol. The molecule has 1 saturated heterocycles. The molecule has 1 aromatic carbocycles. The molecule has 1 amide bonds. The number of hydrogen-bond donors (Lipinski definition) is 0. The Labute approximate surface area is 147 Å². The van der Waals surface area contributed by atoms with E-state index in [4.69, 9.17) is 4.42 Å². The van der Waals surface area contributed by atoms with Crippen LogP contribution in [0.1, 0.15) is 10.6 Å². The molecule has 2 aromatic rings. The standard InChI is InChI=1S/C15H14FN3O6S/c16-11-3-1-2-4-13(11)26(23,24)18-9-7-17(8-10-18)15(20)12-5-6-14(25-12)19(21)22/h1-6H,7-10H2. The van der Waals surface area contributed by atoms with Crippen LogP contribution in [-0.4, -0.2) is 54.6 Å². The minimum atomic E-state index is -4.01. The van der Waals surface area contributed by atoms with Gasteiger partial charge in [-0.2, -0.15) is 4.31 Å². The van der Waals surface area contributed by atoms with Gasteiger partial charge in [-0.25, -0.2) is 12.8 Å². The van der Waals surface area contributed by atoms with Gasteiger partial charge in [0, 0.05) is 26.2 Å². The third kappa shape index (κ3) is 3.30. The second-order valence-electron chi connectivity index (χ2n) is 5.52. The zero-order valence-electron chi connectivity index (χ0n) is 13.4. The molecule has 11 heteroatoms. The summed E-state index contributed by atoms with van der Waals surface area (Å²) in [5.41, 5.74) is 0. The van der Waals surface area contributed by atoms with E-state index in [2.05, 4.69) is 0 Å². The van der Waals surface area contributed by atoms with Gasteiger partial charge in [-0.3, -0.25) is 14.9 Å². The maximum Gasteiger partial charge on any atom is 0.433 e. The second-order valence-corrected chi connectivity index (χ2v) is 7.43. The lowest BCUT2D eigenvalue weighted by atomic mass is 10.3. The fourth-order valence-electron chi connectivity index (χ4n) is 2.62. The molecule has 0 unspecified atom stereocenters. The summed E-state index contributed by atoms with van der Waals surface area (Å²) in [7, 11) is -4.01. The molecule has 0 spiro atoms. The molecule has 9 nitrogen and oxygen atoms in total. The minimum absolute atomic E-state index is 0.0226. The SMILES string of the molecule is O=C(c1ccc([N+](=O)[O-])o1)N1CCN(S(=O)(=O)c2ccccc2F)CC1. The van der Waals surface area contributed by atoms with Gasteiger partial charge in [0.1, 0.15) is 15.6 Å². The summed E-state index contributed by atoms with van der Waals surface area (Å²) in [5, 5.41) is 10.6. The van der Waals surface area contributed by atoms with Gasteiger partial charge in [0.2, 0.25) is 10.0 Å². The first-order valence-corrected chi connectivity index (χ1v) is 9.03. The first-order valence-electron chi connectivity index (χ1n) is 7.59. The van der Waals surface area contributed by atoms with E-state index < -0.39 is 37.5 Å². The highest BCUT2D eigenvalue weighted by Crippen LogP contribution is 2.22. The number of amides is 1. The van der Waals surface area contributed by atoms with Gasteiger partial charge >= 0.3 is 5.88 Å². The van der Waals surface area contributed by atoms with Crippen molar-refractivity contribution in [1.82, 2.24) is 9.21 Å². The number of nitrogens with zero attached hydrogens (tertiary/aromatic N) is 3. The highest BCUT2D eigenvalue weighted by molar-refractivity contribution is 7.89. The summed E-state index contributed by atoms with van der Waals surface area (Å²) in [6.07, 6.45) is 0. The Morgan fingerprint density at radius 2 is 1.77 bits per heavy atom. The normalized spacial score (nSPS) is 15.8. The summed E-state index contributed by atoms with van der Waals surface area (Å²) < 4.78 is 44.8. The number of halogens is 1. The van der Waals surface area contributed by atoms with Gasteiger partial charge in [-0.05, 0) is 18.2 Å². The van der Waals surface area contributed by atoms with Gasteiger partial charge in [-0.1, -0.05) is 12.1 Å². The number of piperazine rings is 1. The lowest BCUT2D eigenvalue weighted by Crippen LogP contribution is -2.50. The summed E-state index contributed by atoms with van der Waals surface area (Å²) in [6.45, 7) is 0.0679. The molecule has 0 radical (unpaired) electrons. The lowest BCUT2D eigenvalue weighted by molar-refractivity contribution is -0.402. The summed E-state index contributed by atoms with van der Waals surface area (Å²) in [6, 6.07) is 7.35. The van der Waals surface area contributed by atoms with E-state index in [0.717, 1.165) is 16.4 Å². The third-order valence-corrected chi connectivity index (χ3v) is 5.89. The topological polar surface area (TPSA) is 114 Å². The van der Waals surface area contributed by atoms with E-state index in [-0.39, 0.29) is 31.9 Å². The van der Waals surface area contributed by atoms with Crippen molar-refractivity contribution < 1.29 is 26.9 Å². The highest BCUT2D eigenvalue weighted by Gasteiger charge is 2.33. The highest BCUT2D eigenvalue weighted by atomic mass is 32.2. The predicted octanol–water partition coefficient (Wildman–Crippen LogP) is 1.47. The molecular formula is C15H14FN3O6S. The van der Waals surface area contributed by atoms with Crippen LogP contribution in [0.25, 0.3) is 0 Å². The van der Waals surface area contributed by atoms with Crippen molar-refractivity contribution in [3.05, 3.63) is 58.1 Å². The Morgan fingerprint density at radius 1 is 1.12 bits per heavy atom. The van der Waals surface area contributed by atoms with Crippen molar-refractivity contribution in [2.75, 3.05) is 26.2 Å². The van der Waals surface area contributed by atoms with Crippen LogP contribution in [0.2, 0.25) is 0 Å². The Morgan fingerprint density at radius 3 is 2.35 bits per heavy atom. The Balaban J connectivity index is 1.70. The molecule has 1 aromatic heterocycles. The first-order chi connectivity index (χ1) is 12.3. The number of benzene rings is 1. The van der Waals surface area contributed by atoms with Crippen LogP contribution in [-0.2, 0) is 10.0 Å². The van der Waals surface area contributed by atoms with E-state index >= 15 is 0 Å². The molecular weight excluding hydrogens is 369 g/mol. The molecule has 1 aliphatic rings. The van der Waals surface area contributed by atoms with Crippen LogP contribution in [0.15, 0.2) is 45.7 Å². The van der Waals surface area contributed by atoms with Crippen molar-refractivity contribution in [2.24, 2.45) is 0 Å². The second kappa shape index (κ2) is 6.84. The van der Waals surface area contributed by atoms with Crippen molar-refractivity contribution in [1.29, 1.82) is 0 Å². The van der Waals surface area contributed by atoms with Gasteiger partial charge in [0.05, 0.1) is 6.07 Å². The largest absolute Gasteiger partial charge is 0.433 e. The molecule has 0 N–H and O–H groups in total. The molecule has 138 valence electrons. The molecule has 1 aliphatic heterocycles.